The van der Waals surface area contributed by atoms with Crippen molar-refractivity contribution >= 4 is 25.7 Å². The van der Waals surface area contributed by atoms with Crippen LogP contribution in [0.25, 0.3) is 0 Å². The van der Waals surface area contributed by atoms with Gasteiger partial charge in [-0.3, -0.25) is 23.4 Å². The average Bonchev–Trinajstić information content (AvgIpc) is 3.41. The first-order valence-electron chi connectivity index (χ1n) is 29.1. The number of aliphatic hydroxyl groups is 1. The van der Waals surface area contributed by atoms with Gasteiger partial charge in [0.05, 0.1) is 19.8 Å². The SMILES string of the molecule is CC/C=C\C/C=C\C/C=C\C/C=C\C/C=C\CCCC(=O)OC(CO)COP(=O)(O)OCC(COC(=O)CCCCCCC/C=C\CCCCCCCC)OC(=O)CCC/C=C\C/C=C\C/C=C\C/C=C\C/C=C\CC. The Bertz CT molecular complexity index is 1780. The number of aliphatic hydroxyl groups excluding tert-OH is 1. The minimum atomic E-state index is -4.79. The van der Waals surface area contributed by atoms with E-state index in [9.17, 15) is 28.9 Å². The van der Waals surface area contributed by atoms with Crippen molar-refractivity contribution in [2.24, 2.45) is 0 Å². The van der Waals surface area contributed by atoms with E-state index < -0.39 is 57.8 Å². The van der Waals surface area contributed by atoms with Gasteiger partial charge in [0.25, 0.3) is 0 Å². The Morgan fingerprint density at radius 2 is 0.697 bits per heavy atom. The Morgan fingerprint density at radius 1 is 0.382 bits per heavy atom. The van der Waals surface area contributed by atoms with E-state index in [0.717, 1.165) is 103 Å². The molecule has 0 heterocycles. The second-order valence-electron chi connectivity index (χ2n) is 18.7. The molecule has 3 unspecified atom stereocenters. The quantitative estimate of drug-likeness (QED) is 0.0197. The van der Waals surface area contributed by atoms with Crippen LogP contribution in [-0.2, 0) is 42.2 Å². The molecule has 0 aromatic heterocycles. The van der Waals surface area contributed by atoms with E-state index in [2.05, 4.69) is 130 Å². The van der Waals surface area contributed by atoms with Crippen LogP contribution in [0.2, 0.25) is 0 Å². The summed E-state index contributed by atoms with van der Waals surface area (Å²) in [6.07, 6.45) is 71.4. The summed E-state index contributed by atoms with van der Waals surface area (Å²) in [5.41, 5.74) is 0. The second kappa shape index (κ2) is 56.8. The minimum Gasteiger partial charge on any atom is -0.462 e. The van der Waals surface area contributed by atoms with Gasteiger partial charge in [-0.2, -0.15) is 0 Å². The predicted molar refractivity (Wildman–Crippen MR) is 316 cm³/mol. The lowest BCUT2D eigenvalue weighted by atomic mass is 10.1. The summed E-state index contributed by atoms with van der Waals surface area (Å²) in [7, 11) is -4.79. The summed E-state index contributed by atoms with van der Waals surface area (Å²) in [6.45, 7) is 4.26. The van der Waals surface area contributed by atoms with Gasteiger partial charge in [0, 0.05) is 19.3 Å². The van der Waals surface area contributed by atoms with Gasteiger partial charge >= 0.3 is 25.7 Å². The number of unbranched alkanes of at least 4 members (excludes halogenated alkanes) is 13. The summed E-state index contributed by atoms with van der Waals surface area (Å²) < 4.78 is 39.4. The molecule has 0 saturated heterocycles. The molecule has 76 heavy (non-hydrogen) atoms. The molecular weight excluding hydrogens is 976 g/mol. The third-order valence-electron chi connectivity index (χ3n) is 11.5. The monoisotopic (exact) mass is 1080 g/mol. The molecule has 0 bridgehead atoms. The summed E-state index contributed by atoms with van der Waals surface area (Å²) in [6, 6.07) is 0. The topological polar surface area (TPSA) is 155 Å². The highest BCUT2D eigenvalue weighted by atomic mass is 31.2. The standard InChI is InChI=1S/C64H103O11P/c1-4-7-10-13-16-19-22-25-28-30-33-36-39-42-45-48-51-54-63(67)74-60(56-65)58-72-76(69,70)73-59-61(57-71-62(66)53-50-47-44-41-38-35-32-27-24-21-18-15-12-9-6-3)75-64(68)55-52-49-46-43-40-37-34-31-29-26-23-20-17-14-11-8-5-2/h7-8,10-11,16-17,19-20,25-29,32-34,36-37,42-43,45-46,60-61,65H,4-6,9,12-15,18,21-24,30-31,35,38-41,44,47-59H2,1-3H3,(H,69,70)/b10-7-,11-8-,19-16-,20-17-,28-25-,29-26-,32-27-,36-33-,37-34-,45-42-,46-43-. The Balaban J connectivity index is 4.89. The van der Waals surface area contributed by atoms with Crippen molar-refractivity contribution in [1.29, 1.82) is 0 Å². The van der Waals surface area contributed by atoms with E-state index in [-0.39, 0.29) is 25.9 Å². The second-order valence-corrected chi connectivity index (χ2v) is 20.1. The number of carbonyl (C=O) groups excluding carboxylic acids is 3. The molecule has 0 spiro atoms. The van der Waals surface area contributed by atoms with E-state index in [1.54, 1.807) is 0 Å². The number of ether oxygens (including phenoxy) is 3. The molecular formula is C64H103O11P. The highest BCUT2D eigenvalue weighted by Crippen LogP contribution is 2.43. The van der Waals surface area contributed by atoms with Crippen molar-refractivity contribution < 1.29 is 52.2 Å². The molecule has 12 heteroatoms. The third kappa shape index (κ3) is 54.4. The Labute approximate surface area is 461 Å². The van der Waals surface area contributed by atoms with Crippen LogP contribution in [-0.4, -0.2) is 66.5 Å². The molecule has 3 atom stereocenters. The predicted octanol–water partition coefficient (Wildman–Crippen LogP) is 17.4. The normalized spacial score (nSPS) is 14.3. The van der Waals surface area contributed by atoms with Crippen molar-refractivity contribution in [2.75, 3.05) is 26.4 Å². The lowest BCUT2D eigenvalue weighted by Gasteiger charge is -2.21. The lowest BCUT2D eigenvalue weighted by molar-refractivity contribution is -0.161. The fourth-order valence-corrected chi connectivity index (χ4v) is 7.97. The van der Waals surface area contributed by atoms with Crippen LogP contribution in [0, 0.1) is 0 Å². The molecule has 0 aliphatic heterocycles. The third-order valence-corrected chi connectivity index (χ3v) is 12.5. The molecule has 0 amide bonds. The Kier molecular flexibility index (Phi) is 53.5. The van der Waals surface area contributed by atoms with E-state index in [1.165, 1.54) is 38.5 Å². The Hall–Kier alpha value is -4.38. The zero-order valence-electron chi connectivity index (χ0n) is 47.4. The molecule has 0 rings (SSSR count). The molecule has 2 N–H and O–H groups in total. The first-order valence-corrected chi connectivity index (χ1v) is 30.6. The number of phosphoric acid groups is 1. The van der Waals surface area contributed by atoms with Gasteiger partial charge < -0.3 is 24.2 Å². The minimum absolute atomic E-state index is 0.0762. The van der Waals surface area contributed by atoms with Gasteiger partial charge in [-0.25, -0.2) is 4.57 Å². The van der Waals surface area contributed by atoms with E-state index in [1.807, 2.05) is 24.3 Å². The van der Waals surface area contributed by atoms with Gasteiger partial charge in [0.1, 0.15) is 12.7 Å². The molecule has 0 aliphatic rings. The van der Waals surface area contributed by atoms with Crippen molar-refractivity contribution in [3.8, 4) is 0 Å². The zero-order chi connectivity index (χ0) is 55.5. The van der Waals surface area contributed by atoms with Crippen molar-refractivity contribution in [3.63, 3.8) is 0 Å². The summed E-state index contributed by atoms with van der Waals surface area (Å²) in [4.78, 5) is 48.5. The van der Waals surface area contributed by atoms with E-state index in [4.69, 9.17) is 23.3 Å². The molecule has 0 aromatic carbocycles. The largest absolute Gasteiger partial charge is 0.472 e. The van der Waals surface area contributed by atoms with E-state index in [0.29, 0.717) is 32.1 Å². The smallest absolute Gasteiger partial charge is 0.462 e. The number of carbonyl (C=O) groups is 3. The van der Waals surface area contributed by atoms with Crippen LogP contribution in [0.5, 0.6) is 0 Å². The van der Waals surface area contributed by atoms with E-state index >= 15 is 0 Å². The fraction of sp³-hybridized carbons (Fsp3) is 0.609. The molecule has 0 fully saturated rings. The van der Waals surface area contributed by atoms with Crippen LogP contribution in [0.15, 0.2) is 134 Å². The Morgan fingerprint density at radius 3 is 1.11 bits per heavy atom. The van der Waals surface area contributed by atoms with Gasteiger partial charge in [-0.15, -0.1) is 0 Å². The number of hydrogen-bond acceptors (Lipinski definition) is 10. The van der Waals surface area contributed by atoms with Gasteiger partial charge in [0.2, 0.25) is 0 Å². The zero-order valence-corrected chi connectivity index (χ0v) is 48.3. The molecule has 0 aliphatic carbocycles. The fourth-order valence-electron chi connectivity index (χ4n) is 7.19. The number of phosphoric ester groups is 1. The molecule has 11 nitrogen and oxygen atoms in total. The van der Waals surface area contributed by atoms with Crippen LogP contribution in [0.4, 0.5) is 0 Å². The van der Waals surface area contributed by atoms with Crippen LogP contribution >= 0.6 is 7.82 Å². The van der Waals surface area contributed by atoms with Crippen LogP contribution in [0.3, 0.4) is 0 Å². The number of rotatable bonds is 52. The first-order chi connectivity index (χ1) is 37.2. The molecule has 0 saturated carbocycles. The maximum absolute atomic E-state index is 12.9. The summed E-state index contributed by atoms with van der Waals surface area (Å²) in [5.74, 6) is -1.62. The number of esters is 3. The highest BCUT2D eigenvalue weighted by Gasteiger charge is 2.28. The average molecular weight is 1080 g/mol. The molecule has 0 radical (unpaired) electrons. The highest BCUT2D eigenvalue weighted by molar-refractivity contribution is 7.47. The van der Waals surface area contributed by atoms with Crippen molar-refractivity contribution in [2.45, 2.75) is 226 Å². The number of allylic oxidation sites excluding steroid dienone is 22. The first kappa shape index (κ1) is 71.6. The summed E-state index contributed by atoms with van der Waals surface area (Å²) >= 11 is 0. The summed E-state index contributed by atoms with van der Waals surface area (Å²) in [5, 5.41) is 9.81. The lowest BCUT2D eigenvalue weighted by Crippen LogP contribution is -2.30. The van der Waals surface area contributed by atoms with Crippen LogP contribution in [0.1, 0.15) is 213 Å². The van der Waals surface area contributed by atoms with Gasteiger partial charge in [0.15, 0.2) is 6.10 Å². The maximum Gasteiger partial charge on any atom is 0.472 e. The molecule has 0 aromatic rings. The number of hydrogen-bond donors (Lipinski definition) is 2. The van der Waals surface area contributed by atoms with Crippen molar-refractivity contribution in [1.82, 2.24) is 0 Å². The van der Waals surface area contributed by atoms with Crippen LogP contribution < -0.4 is 0 Å². The van der Waals surface area contributed by atoms with Gasteiger partial charge in [-0.05, 0) is 122 Å². The van der Waals surface area contributed by atoms with Gasteiger partial charge in [-0.1, -0.05) is 206 Å². The maximum atomic E-state index is 12.9. The van der Waals surface area contributed by atoms with Crippen molar-refractivity contribution in [3.05, 3.63) is 134 Å². The molecule has 430 valence electrons.